The third kappa shape index (κ3) is 6.08. The Balaban J connectivity index is 1.38. The number of aliphatic hydroxyl groups excluding tert-OH is 1. The SMILES string of the molecule is C=C1C=C(O)c2cc(-c3nc([C@H](Cc4ccccc4)NC(=O)NCc4cccc(OC)c4)[nH]c3Cl)ccc2N1. The first-order chi connectivity index (χ1) is 18.9. The lowest BCUT2D eigenvalue weighted by Gasteiger charge is -2.18. The maximum atomic E-state index is 13.0. The highest BCUT2D eigenvalue weighted by Crippen LogP contribution is 2.35. The van der Waals surface area contributed by atoms with Crippen LogP contribution in [0.3, 0.4) is 0 Å². The Bertz CT molecular complexity index is 1550. The van der Waals surface area contributed by atoms with Gasteiger partial charge in [-0.05, 0) is 41.8 Å². The minimum absolute atomic E-state index is 0.110. The molecule has 0 radical (unpaired) electrons. The van der Waals surface area contributed by atoms with Crippen LogP contribution in [0, 0.1) is 0 Å². The number of rotatable bonds is 8. The van der Waals surface area contributed by atoms with Crippen LogP contribution in [-0.4, -0.2) is 28.2 Å². The highest BCUT2D eigenvalue weighted by Gasteiger charge is 2.23. The maximum Gasteiger partial charge on any atom is 0.315 e. The van der Waals surface area contributed by atoms with Gasteiger partial charge in [-0.25, -0.2) is 9.78 Å². The first kappa shape index (κ1) is 25.9. The van der Waals surface area contributed by atoms with Crippen molar-refractivity contribution in [3.63, 3.8) is 0 Å². The number of allylic oxidation sites excluding steroid dienone is 1. The molecule has 198 valence electrons. The van der Waals surface area contributed by atoms with E-state index in [1.807, 2.05) is 72.8 Å². The van der Waals surface area contributed by atoms with Gasteiger partial charge in [-0.2, -0.15) is 0 Å². The summed E-state index contributed by atoms with van der Waals surface area (Å²) in [5, 5.41) is 19.8. The van der Waals surface area contributed by atoms with Gasteiger partial charge in [0.05, 0.1) is 13.2 Å². The van der Waals surface area contributed by atoms with E-state index in [9.17, 15) is 9.90 Å². The number of nitrogens with one attached hydrogen (secondary N) is 4. The van der Waals surface area contributed by atoms with Crippen LogP contribution in [0.15, 0.2) is 91.1 Å². The van der Waals surface area contributed by atoms with E-state index in [0.29, 0.717) is 40.9 Å². The molecule has 5 N–H and O–H groups in total. The average molecular weight is 542 g/mol. The molecule has 0 fully saturated rings. The lowest BCUT2D eigenvalue weighted by atomic mass is 10.0. The zero-order chi connectivity index (χ0) is 27.4. The number of anilines is 1. The van der Waals surface area contributed by atoms with Gasteiger partial charge in [0.15, 0.2) is 0 Å². The Morgan fingerprint density at radius 3 is 2.69 bits per heavy atom. The summed E-state index contributed by atoms with van der Waals surface area (Å²) < 4.78 is 5.26. The van der Waals surface area contributed by atoms with Crippen molar-refractivity contribution in [2.45, 2.75) is 19.0 Å². The molecule has 2 heterocycles. The number of hydrogen-bond donors (Lipinski definition) is 5. The number of ether oxygens (including phenoxy) is 1. The number of aliphatic hydroxyl groups is 1. The summed E-state index contributed by atoms with van der Waals surface area (Å²) in [6.45, 7) is 4.18. The molecule has 3 aromatic carbocycles. The number of nitrogens with zero attached hydrogens (tertiary/aromatic N) is 1. The molecule has 1 atom stereocenters. The number of urea groups is 1. The van der Waals surface area contributed by atoms with E-state index in [1.54, 1.807) is 13.2 Å². The molecule has 5 rings (SSSR count). The fourth-order valence-electron chi connectivity index (χ4n) is 4.43. The van der Waals surface area contributed by atoms with Gasteiger partial charge in [0.2, 0.25) is 0 Å². The van der Waals surface area contributed by atoms with E-state index < -0.39 is 6.04 Å². The van der Waals surface area contributed by atoms with Gasteiger partial charge in [-0.1, -0.05) is 66.7 Å². The first-order valence-electron chi connectivity index (χ1n) is 12.4. The van der Waals surface area contributed by atoms with Gasteiger partial charge >= 0.3 is 6.03 Å². The van der Waals surface area contributed by atoms with E-state index in [4.69, 9.17) is 21.3 Å². The fourth-order valence-corrected chi connectivity index (χ4v) is 4.68. The molecule has 0 unspecified atom stereocenters. The van der Waals surface area contributed by atoms with Crippen molar-refractivity contribution in [3.8, 4) is 17.0 Å². The number of imidazole rings is 1. The molecule has 39 heavy (non-hydrogen) atoms. The topological polar surface area (TPSA) is 111 Å². The molecule has 1 aromatic heterocycles. The van der Waals surface area contributed by atoms with E-state index in [2.05, 4.69) is 27.5 Å². The molecule has 0 aliphatic carbocycles. The van der Waals surface area contributed by atoms with Gasteiger partial charge in [0.25, 0.3) is 0 Å². The number of aromatic nitrogens is 2. The average Bonchev–Trinajstić information content (AvgIpc) is 3.33. The van der Waals surface area contributed by atoms with Crippen LogP contribution < -0.4 is 20.7 Å². The van der Waals surface area contributed by atoms with Crippen molar-refractivity contribution < 1.29 is 14.6 Å². The van der Waals surface area contributed by atoms with Gasteiger partial charge < -0.3 is 30.8 Å². The standard InChI is InChI=1S/C30H28ClN5O3/c1-18-13-26(37)23-16-21(11-12-24(23)33-18)27-28(31)36-29(35-27)25(15-19-7-4-3-5-8-19)34-30(38)32-17-20-9-6-10-22(14-20)39-2/h3-14,16,25,33,37H,1,15,17H2,2H3,(H,35,36)(H2,32,34,38)/t25-/m0/s1. The molecule has 0 saturated carbocycles. The summed E-state index contributed by atoms with van der Waals surface area (Å²) in [7, 11) is 1.60. The third-order valence-electron chi connectivity index (χ3n) is 6.36. The lowest BCUT2D eigenvalue weighted by Crippen LogP contribution is -2.38. The van der Waals surface area contributed by atoms with Crippen LogP contribution in [0.25, 0.3) is 17.0 Å². The normalized spacial score (nSPS) is 13.1. The molecule has 1 aliphatic rings. The van der Waals surface area contributed by atoms with Crippen LogP contribution in [0.2, 0.25) is 5.15 Å². The number of hydrogen-bond acceptors (Lipinski definition) is 5. The Labute approximate surface area is 231 Å². The summed E-state index contributed by atoms with van der Waals surface area (Å²) in [5.74, 6) is 1.35. The highest BCUT2D eigenvalue weighted by molar-refractivity contribution is 6.32. The number of aromatic amines is 1. The van der Waals surface area contributed by atoms with Crippen LogP contribution >= 0.6 is 11.6 Å². The van der Waals surface area contributed by atoms with Crippen LogP contribution in [0.4, 0.5) is 10.5 Å². The minimum atomic E-state index is -0.486. The summed E-state index contributed by atoms with van der Waals surface area (Å²) >= 11 is 6.61. The third-order valence-corrected chi connectivity index (χ3v) is 6.63. The van der Waals surface area contributed by atoms with Crippen molar-refractivity contribution >= 4 is 29.1 Å². The predicted molar refractivity (Wildman–Crippen MR) is 154 cm³/mol. The predicted octanol–water partition coefficient (Wildman–Crippen LogP) is 6.36. The van der Waals surface area contributed by atoms with Crippen molar-refractivity contribution in [1.82, 2.24) is 20.6 Å². The molecule has 8 nitrogen and oxygen atoms in total. The summed E-state index contributed by atoms with van der Waals surface area (Å²) in [5.41, 5.74) is 5.14. The largest absolute Gasteiger partial charge is 0.507 e. The van der Waals surface area contributed by atoms with Gasteiger partial charge in [-0.3, -0.25) is 0 Å². The number of carbonyl (C=O) groups excluding carboxylic acids is 1. The first-order valence-corrected chi connectivity index (χ1v) is 12.8. The molecular weight excluding hydrogens is 514 g/mol. The van der Waals surface area contributed by atoms with E-state index in [0.717, 1.165) is 28.1 Å². The number of benzene rings is 3. The molecule has 9 heteroatoms. The minimum Gasteiger partial charge on any atom is -0.507 e. The molecule has 4 aromatic rings. The Kier molecular flexibility index (Phi) is 7.56. The molecule has 0 saturated heterocycles. The Hall–Kier alpha value is -4.69. The summed E-state index contributed by atoms with van der Waals surface area (Å²) in [4.78, 5) is 20.9. The number of H-pyrrole nitrogens is 1. The monoisotopic (exact) mass is 541 g/mol. The summed E-state index contributed by atoms with van der Waals surface area (Å²) in [6.07, 6.45) is 2.06. The van der Waals surface area contributed by atoms with Crippen molar-refractivity contribution in [2.24, 2.45) is 0 Å². The molecule has 2 amide bonds. The zero-order valence-corrected chi connectivity index (χ0v) is 22.0. The Morgan fingerprint density at radius 2 is 1.90 bits per heavy atom. The molecule has 0 bridgehead atoms. The van der Waals surface area contributed by atoms with Crippen molar-refractivity contribution in [1.29, 1.82) is 0 Å². The second-order valence-corrected chi connectivity index (χ2v) is 9.52. The van der Waals surface area contributed by atoms with Crippen molar-refractivity contribution in [2.75, 3.05) is 12.4 Å². The van der Waals surface area contributed by atoms with E-state index >= 15 is 0 Å². The van der Waals surface area contributed by atoms with Crippen LogP contribution in [-0.2, 0) is 13.0 Å². The smallest absolute Gasteiger partial charge is 0.315 e. The quantitative estimate of drug-likeness (QED) is 0.178. The van der Waals surface area contributed by atoms with E-state index in [-0.39, 0.29) is 11.8 Å². The van der Waals surface area contributed by atoms with E-state index in [1.165, 1.54) is 0 Å². The van der Waals surface area contributed by atoms with Gasteiger partial charge in [-0.15, -0.1) is 0 Å². The highest BCUT2D eigenvalue weighted by atomic mass is 35.5. The number of methoxy groups -OCH3 is 1. The molecule has 1 aliphatic heterocycles. The second kappa shape index (κ2) is 11.4. The number of amides is 2. The molecular formula is C30H28ClN5O3. The van der Waals surface area contributed by atoms with Crippen LogP contribution in [0.5, 0.6) is 5.75 Å². The number of fused-ring (bicyclic) bond motifs is 1. The summed E-state index contributed by atoms with van der Waals surface area (Å²) in [6, 6.07) is 22.0. The molecule has 0 spiro atoms. The Morgan fingerprint density at radius 1 is 1.10 bits per heavy atom. The van der Waals surface area contributed by atoms with Crippen molar-refractivity contribution in [3.05, 3.63) is 119 Å². The van der Waals surface area contributed by atoms with Crippen LogP contribution in [0.1, 0.15) is 28.6 Å². The second-order valence-electron chi connectivity index (χ2n) is 9.15. The van der Waals surface area contributed by atoms with Gasteiger partial charge in [0, 0.05) is 35.1 Å². The van der Waals surface area contributed by atoms with Gasteiger partial charge in [0.1, 0.15) is 28.2 Å². The lowest BCUT2D eigenvalue weighted by molar-refractivity contribution is 0.236. The number of carbonyl (C=O) groups is 1. The fraction of sp³-hybridized carbons (Fsp3) is 0.133. The maximum absolute atomic E-state index is 13.0. The zero-order valence-electron chi connectivity index (χ0n) is 21.3. The number of halogens is 1.